The van der Waals surface area contributed by atoms with E-state index in [9.17, 15) is 0 Å². The van der Waals surface area contributed by atoms with Crippen LogP contribution in [0.15, 0.2) is 30.3 Å². The third-order valence-electron chi connectivity index (χ3n) is 3.56. The summed E-state index contributed by atoms with van der Waals surface area (Å²) >= 11 is 18.8. The SMILES string of the molecule is CCNC(c1cc(C)c(Cl)cc1C)c1cccc(Cl)c1Cl. The molecule has 1 atom stereocenters. The fourth-order valence-electron chi connectivity index (χ4n) is 2.45. The monoisotopic (exact) mass is 341 g/mol. The predicted molar refractivity (Wildman–Crippen MR) is 92.9 cm³/mol. The highest BCUT2D eigenvalue weighted by molar-refractivity contribution is 6.42. The molecule has 21 heavy (non-hydrogen) atoms. The quantitative estimate of drug-likeness (QED) is 0.722. The molecule has 1 N–H and O–H groups in total. The van der Waals surface area contributed by atoms with E-state index in [-0.39, 0.29) is 6.04 Å². The molecule has 0 heterocycles. The summed E-state index contributed by atoms with van der Waals surface area (Å²) in [5.41, 5.74) is 4.34. The van der Waals surface area contributed by atoms with Gasteiger partial charge in [-0.25, -0.2) is 0 Å². The number of hydrogen-bond acceptors (Lipinski definition) is 1. The van der Waals surface area contributed by atoms with Crippen LogP contribution in [0.4, 0.5) is 0 Å². The zero-order chi connectivity index (χ0) is 15.6. The van der Waals surface area contributed by atoms with E-state index in [0.29, 0.717) is 10.0 Å². The van der Waals surface area contributed by atoms with Gasteiger partial charge in [-0.3, -0.25) is 0 Å². The first-order valence-corrected chi connectivity index (χ1v) is 8.03. The van der Waals surface area contributed by atoms with Gasteiger partial charge < -0.3 is 5.32 Å². The summed E-state index contributed by atoms with van der Waals surface area (Å²) in [7, 11) is 0. The second-order valence-electron chi connectivity index (χ2n) is 5.09. The van der Waals surface area contributed by atoms with Crippen LogP contribution >= 0.6 is 34.8 Å². The molecule has 0 aromatic heterocycles. The van der Waals surface area contributed by atoms with E-state index < -0.39 is 0 Å². The Bertz CT molecular complexity index is 653. The maximum absolute atomic E-state index is 6.40. The van der Waals surface area contributed by atoms with E-state index in [4.69, 9.17) is 34.8 Å². The van der Waals surface area contributed by atoms with Crippen molar-refractivity contribution in [3.05, 3.63) is 67.7 Å². The Morgan fingerprint density at radius 1 is 0.952 bits per heavy atom. The fraction of sp³-hybridized carbons (Fsp3) is 0.294. The lowest BCUT2D eigenvalue weighted by Gasteiger charge is -2.23. The smallest absolute Gasteiger partial charge is 0.0643 e. The second-order valence-corrected chi connectivity index (χ2v) is 6.28. The third-order valence-corrected chi connectivity index (χ3v) is 4.80. The van der Waals surface area contributed by atoms with Crippen molar-refractivity contribution in [1.29, 1.82) is 0 Å². The van der Waals surface area contributed by atoms with Gasteiger partial charge in [0, 0.05) is 5.02 Å². The van der Waals surface area contributed by atoms with Crippen molar-refractivity contribution in [3.8, 4) is 0 Å². The Kier molecular flexibility index (Phi) is 5.56. The lowest BCUT2D eigenvalue weighted by molar-refractivity contribution is 0.627. The molecule has 2 aromatic rings. The zero-order valence-electron chi connectivity index (χ0n) is 12.3. The van der Waals surface area contributed by atoms with Crippen molar-refractivity contribution in [2.24, 2.45) is 0 Å². The van der Waals surface area contributed by atoms with Crippen LogP contribution in [-0.2, 0) is 0 Å². The average molecular weight is 343 g/mol. The first-order valence-electron chi connectivity index (χ1n) is 6.89. The van der Waals surface area contributed by atoms with Crippen molar-refractivity contribution >= 4 is 34.8 Å². The van der Waals surface area contributed by atoms with Crippen LogP contribution in [-0.4, -0.2) is 6.54 Å². The highest BCUT2D eigenvalue weighted by Crippen LogP contribution is 2.35. The summed E-state index contributed by atoms with van der Waals surface area (Å²) in [6.45, 7) is 6.97. The Morgan fingerprint density at radius 2 is 1.67 bits per heavy atom. The number of nitrogens with one attached hydrogen (secondary N) is 1. The summed E-state index contributed by atoms with van der Waals surface area (Å²) in [4.78, 5) is 0. The van der Waals surface area contributed by atoms with Crippen LogP contribution in [0.25, 0.3) is 0 Å². The van der Waals surface area contributed by atoms with Crippen LogP contribution in [0.2, 0.25) is 15.1 Å². The molecule has 0 saturated heterocycles. The maximum atomic E-state index is 6.40. The van der Waals surface area contributed by atoms with Crippen LogP contribution in [0.1, 0.15) is 35.2 Å². The average Bonchev–Trinajstić information content (AvgIpc) is 2.44. The van der Waals surface area contributed by atoms with E-state index in [1.54, 1.807) is 6.07 Å². The van der Waals surface area contributed by atoms with Gasteiger partial charge in [0.1, 0.15) is 0 Å². The molecule has 0 bridgehead atoms. The minimum Gasteiger partial charge on any atom is -0.306 e. The van der Waals surface area contributed by atoms with Crippen molar-refractivity contribution in [2.75, 3.05) is 6.54 Å². The summed E-state index contributed by atoms with van der Waals surface area (Å²) in [6.07, 6.45) is 0. The Balaban J connectivity index is 2.59. The molecule has 0 saturated carbocycles. The van der Waals surface area contributed by atoms with Crippen molar-refractivity contribution in [2.45, 2.75) is 26.8 Å². The lowest BCUT2D eigenvalue weighted by Crippen LogP contribution is -2.23. The molecule has 2 aromatic carbocycles. The number of benzene rings is 2. The fourth-order valence-corrected chi connectivity index (χ4v) is 3.08. The van der Waals surface area contributed by atoms with Gasteiger partial charge in [0.05, 0.1) is 16.1 Å². The molecule has 0 radical (unpaired) electrons. The molecule has 1 nitrogen and oxygen atoms in total. The molecule has 0 fully saturated rings. The minimum absolute atomic E-state index is 0.00262. The number of halogens is 3. The number of rotatable bonds is 4. The summed E-state index contributed by atoms with van der Waals surface area (Å²) in [5.74, 6) is 0. The topological polar surface area (TPSA) is 12.0 Å². The van der Waals surface area contributed by atoms with Gasteiger partial charge in [-0.15, -0.1) is 0 Å². The first-order chi connectivity index (χ1) is 9.95. The Morgan fingerprint density at radius 3 is 2.33 bits per heavy atom. The van der Waals surface area contributed by atoms with Gasteiger partial charge in [-0.2, -0.15) is 0 Å². The van der Waals surface area contributed by atoms with Crippen LogP contribution in [0, 0.1) is 13.8 Å². The standard InChI is InChI=1S/C17H18Cl3N/c1-4-21-17(12-6-5-7-14(18)16(12)20)13-8-11(3)15(19)9-10(13)2/h5-9,17,21H,4H2,1-3H3. The van der Waals surface area contributed by atoms with E-state index in [2.05, 4.69) is 25.2 Å². The van der Waals surface area contributed by atoms with Gasteiger partial charge in [0.2, 0.25) is 0 Å². The summed E-state index contributed by atoms with van der Waals surface area (Å²) in [6, 6.07) is 9.84. The molecule has 0 amide bonds. The largest absolute Gasteiger partial charge is 0.306 e. The molecular weight excluding hydrogens is 325 g/mol. The molecule has 2 rings (SSSR count). The third kappa shape index (κ3) is 3.54. The van der Waals surface area contributed by atoms with Crippen molar-refractivity contribution in [3.63, 3.8) is 0 Å². The second kappa shape index (κ2) is 7.02. The molecule has 1 unspecified atom stereocenters. The Hall–Kier alpha value is -0.730. The highest BCUT2D eigenvalue weighted by atomic mass is 35.5. The molecular formula is C17H18Cl3N. The minimum atomic E-state index is -0.00262. The van der Waals surface area contributed by atoms with Gasteiger partial charge in [-0.1, -0.05) is 59.9 Å². The molecule has 4 heteroatoms. The van der Waals surface area contributed by atoms with Crippen molar-refractivity contribution in [1.82, 2.24) is 5.32 Å². The van der Waals surface area contributed by atoms with E-state index in [1.165, 1.54) is 5.56 Å². The van der Waals surface area contributed by atoms with Gasteiger partial charge in [-0.05, 0) is 54.8 Å². The summed E-state index contributed by atoms with van der Waals surface area (Å²) < 4.78 is 0. The molecule has 0 aliphatic heterocycles. The van der Waals surface area contributed by atoms with E-state index >= 15 is 0 Å². The van der Waals surface area contributed by atoms with Gasteiger partial charge >= 0.3 is 0 Å². The van der Waals surface area contributed by atoms with E-state index in [1.807, 2.05) is 25.1 Å². The lowest BCUT2D eigenvalue weighted by atomic mass is 9.93. The predicted octanol–water partition coefficient (Wildman–Crippen LogP) is 5.96. The van der Waals surface area contributed by atoms with Crippen LogP contribution in [0.3, 0.4) is 0 Å². The first kappa shape index (κ1) is 16.6. The molecule has 0 spiro atoms. The normalized spacial score (nSPS) is 12.5. The Labute approximate surface area is 141 Å². The van der Waals surface area contributed by atoms with Gasteiger partial charge in [0.25, 0.3) is 0 Å². The molecule has 0 aliphatic carbocycles. The van der Waals surface area contributed by atoms with Crippen molar-refractivity contribution < 1.29 is 0 Å². The zero-order valence-corrected chi connectivity index (χ0v) is 14.6. The van der Waals surface area contributed by atoms with Gasteiger partial charge in [0.15, 0.2) is 0 Å². The number of aryl methyl sites for hydroxylation is 2. The highest BCUT2D eigenvalue weighted by Gasteiger charge is 2.20. The number of hydrogen-bond donors (Lipinski definition) is 1. The molecule has 0 aliphatic rings. The maximum Gasteiger partial charge on any atom is 0.0643 e. The molecule has 112 valence electrons. The van der Waals surface area contributed by atoms with Crippen LogP contribution < -0.4 is 5.32 Å². The van der Waals surface area contributed by atoms with Crippen LogP contribution in [0.5, 0.6) is 0 Å². The summed E-state index contributed by atoms with van der Waals surface area (Å²) in [5, 5.41) is 5.43. The van der Waals surface area contributed by atoms with E-state index in [0.717, 1.165) is 28.3 Å².